The van der Waals surface area contributed by atoms with Crippen LogP contribution in [-0.4, -0.2) is 23.8 Å². The summed E-state index contributed by atoms with van der Waals surface area (Å²) < 4.78 is 0. The van der Waals surface area contributed by atoms with E-state index in [1.165, 1.54) is 5.56 Å². The topological polar surface area (TPSA) is 32.3 Å². The minimum absolute atomic E-state index is 0.156. The maximum absolute atomic E-state index is 9.04. The van der Waals surface area contributed by atoms with Crippen LogP contribution < -0.4 is 5.32 Å². The van der Waals surface area contributed by atoms with E-state index >= 15 is 0 Å². The van der Waals surface area contributed by atoms with Crippen LogP contribution in [0, 0.1) is 0 Å². The Morgan fingerprint density at radius 1 is 1.12 bits per heavy atom. The molecule has 2 atom stereocenters. The number of hydrogen-bond donors (Lipinski definition) is 2. The molecular formula is C15H25NO. The molecule has 1 unspecified atom stereocenters. The summed E-state index contributed by atoms with van der Waals surface area (Å²) in [6.45, 7) is 8.91. The highest BCUT2D eigenvalue weighted by molar-refractivity contribution is 5.23. The van der Waals surface area contributed by atoms with Gasteiger partial charge in [-0.25, -0.2) is 0 Å². The fraction of sp³-hybridized carbons (Fsp3) is 0.600. The summed E-state index contributed by atoms with van der Waals surface area (Å²) in [4.78, 5) is 0. The molecule has 96 valence electrons. The normalized spacial score (nSPS) is 15.6. The lowest BCUT2D eigenvalue weighted by Gasteiger charge is -2.30. The number of aliphatic hydroxyl groups is 1. The molecule has 0 aromatic heterocycles. The second kappa shape index (κ2) is 6.18. The maximum Gasteiger partial charge on any atom is 0.0582 e. The summed E-state index contributed by atoms with van der Waals surface area (Å²) >= 11 is 0. The average Bonchev–Trinajstić information content (AvgIpc) is 2.29. The van der Waals surface area contributed by atoms with Gasteiger partial charge in [-0.05, 0) is 31.2 Å². The fourth-order valence-corrected chi connectivity index (χ4v) is 2.37. The predicted molar refractivity (Wildman–Crippen MR) is 73.2 cm³/mol. The molecule has 0 saturated carbocycles. The van der Waals surface area contributed by atoms with Crippen LogP contribution in [0.3, 0.4) is 0 Å². The van der Waals surface area contributed by atoms with E-state index in [1.54, 1.807) is 0 Å². The van der Waals surface area contributed by atoms with E-state index in [0.29, 0.717) is 6.04 Å². The Balaban J connectivity index is 2.60. The monoisotopic (exact) mass is 235 g/mol. The molecule has 2 N–H and O–H groups in total. The first-order valence-corrected chi connectivity index (χ1v) is 6.38. The molecule has 0 bridgehead atoms. The molecule has 0 radical (unpaired) electrons. The molecule has 0 aliphatic rings. The van der Waals surface area contributed by atoms with Crippen molar-refractivity contribution < 1.29 is 5.11 Å². The zero-order valence-corrected chi connectivity index (χ0v) is 11.4. The van der Waals surface area contributed by atoms with Crippen molar-refractivity contribution in [2.75, 3.05) is 6.61 Å². The number of benzene rings is 1. The van der Waals surface area contributed by atoms with Crippen molar-refractivity contribution in [3.63, 3.8) is 0 Å². The molecule has 0 amide bonds. The smallest absolute Gasteiger partial charge is 0.0582 e. The Kier molecular flexibility index (Phi) is 5.16. The van der Waals surface area contributed by atoms with Crippen LogP contribution in [0.4, 0.5) is 0 Å². The average molecular weight is 235 g/mol. The van der Waals surface area contributed by atoms with Crippen molar-refractivity contribution in [3.05, 3.63) is 35.9 Å². The Hall–Kier alpha value is -0.860. The van der Waals surface area contributed by atoms with Crippen LogP contribution in [0.15, 0.2) is 30.3 Å². The molecular weight excluding hydrogens is 210 g/mol. The van der Waals surface area contributed by atoms with Crippen molar-refractivity contribution in [2.24, 2.45) is 0 Å². The molecule has 1 rings (SSSR count). The van der Waals surface area contributed by atoms with Gasteiger partial charge in [-0.15, -0.1) is 0 Å². The summed E-state index contributed by atoms with van der Waals surface area (Å²) in [5, 5.41) is 12.4. The molecule has 2 nitrogen and oxygen atoms in total. The van der Waals surface area contributed by atoms with Crippen LogP contribution in [0.2, 0.25) is 0 Å². The van der Waals surface area contributed by atoms with Gasteiger partial charge in [-0.1, -0.05) is 44.2 Å². The van der Waals surface area contributed by atoms with Gasteiger partial charge in [0.05, 0.1) is 6.61 Å². The Bertz CT molecular complexity index is 321. The largest absolute Gasteiger partial charge is 0.395 e. The first-order valence-electron chi connectivity index (χ1n) is 6.38. The van der Waals surface area contributed by atoms with E-state index in [9.17, 15) is 0 Å². The van der Waals surface area contributed by atoms with Crippen LogP contribution >= 0.6 is 0 Å². The molecule has 0 aliphatic carbocycles. The second-order valence-electron chi connectivity index (χ2n) is 5.61. The first-order chi connectivity index (χ1) is 7.95. The van der Waals surface area contributed by atoms with Gasteiger partial charge in [-0.3, -0.25) is 0 Å². The minimum atomic E-state index is 0.156. The predicted octanol–water partition coefficient (Wildman–Crippen LogP) is 2.71. The molecule has 0 aliphatic heterocycles. The third-order valence-electron chi connectivity index (χ3n) is 3.21. The Morgan fingerprint density at radius 3 is 2.24 bits per heavy atom. The number of aliphatic hydroxyl groups excluding tert-OH is 1. The molecule has 1 aromatic rings. The Labute approximate surface area is 105 Å². The minimum Gasteiger partial charge on any atom is -0.395 e. The fourth-order valence-electron chi connectivity index (χ4n) is 2.37. The lowest BCUT2D eigenvalue weighted by Crippen LogP contribution is -2.40. The highest BCUT2D eigenvalue weighted by Crippen LogP contribution is 2.28. The molecule has 0 fully saturated rings. The van der Waals surface area contributed by atoms with Gasteiger partial charge in [0.2, 0.25) is 0 Å². The molecule has 0 spiro atoms. The summed E-state index contributed by atoms with van der Waals surface area (Å²) in [5.74, 6) is 0. The van der Waals surface area contributed by atoms with Gasteiger partial charge < -0.3 is 10.4 Å². The second-order valence-corrected chi connectivity index (χ2v) is 5.61. The van der Waals surface area contributed by atoms with Gasteiger partial charge in [0.1, 0.15) is 0 Å². The molecule has 17 heavy (non-hydrogen) atoms. The van der Waals surface area contributed by atoms with Crippen LogP contribution in [0.5, 0.6) is 0 Å². The highest BCUT2D eigenvalue weighted by Gasteiger charge is 2.23. The van der Waals surface area contributed by atoms with E-state index in [4.69, 9.17) is 5.11 Å². The van der Waals surface area contributed by atoms with Crippen molar-refractivity contribution in [1.29, 1.82) is 0 Å². The molecule has 0 saturated heterocycles. The third-order valence-corrected chi connectivity index (χ3v) is 3.21. The van der Waals surface area contributed by atoms with E-state index in [1.807, 2.05) is 6.92 Å². The van der Waals surface area contributed by atoms with Crippen LogP contribution in [-0.2, 0) is 5.41 Å². The van der Waals surface area contributed by atoms with Crippen molar-refractivity contribution in [2.45, 2.75) is 51.6 Å². The van der Waals surface area contributed by atoms with Crippen molar-refractivity contribution in [3.8, 4) is 0 Å². The number of nitrogens with one attached hydrogen (secondary N) is 1. The molecule has 1 aromatic carbocycles. The SMILES string of the molecule is CC(CC(C)(C)c1ccccc1)N[C@H](C)CO. The van der Waals surface area contributed by atoms with Gasteiger partial charge in [0.25, 0.3) is 0 Å². The van der Waals surface area contributed by atoms with Crippen molar-refractivity contribution in [1.82, 2.24) is 5.32 Å². The zero-order valence-electron chi connectivity index (χ0n) is 11.4. The summed E-state index contributed by atoms with van der Waals surface area (Å²) in [6.07, 6.45) is 1.06. The Morgan fingerprint density at radius 2 is 1.71 bits per heavy atom. The summed E-state index contributed by atoms with van der Waals surface area (Å²) in [7, 11) is 0. The number of rotatable bonds is 6. The standard InChI is InChI=1S/C15H25NO/c1-12(16-13(2)11-17)10-15(3,4)14-8-6-5-7-9-14/h5-9,12-13,16-17H,10-11H2,1-4H3/t12?,13-/m1/s1. The molecule has 2 heteroatoms. The van der Waals surface area contributed by atoms with E-state index in [0.717, 1.165) is 6.42 Å². The van der Waals surface area contributed by atoms with E-state index < -0.39 is 0 Å². The lowest BCUT2D eigenvalue weighted by atomic mass is 9.79. The third kappa shape index (κ3) is 4.49. The zero-order chi connectivity index (χ0) is 12.9. The number of hydrogen-bond acceptors (Lipinski definition) is 2. The highest BCUT2D eigenvalue weighted by atomic mass is 16.3. The van der Waals surface area contributed by atoms with Gasteiger partial charge in [0, 0.05) is 12.1 Å². The van der Waals surface area contributed by atoms with Crippen LogP contribution in [0.25, 0.3) is 0 Å². The quantitative estimate of drug-likeness (QED) is 0.794. The van der Waals surface area contributed by atoms with E-state index in [-0.39, 0.29) is 18.1 Å². The van der Waals surface area contributed by atoms with Gasteiger partial charge >= 0.3 is 0 Å². The maximum atomic E-state index is 9.04. The molecule has 0 heterocycles. The van der Waals surface area contributed by atoms with Gasteiger partial charge in [-0.2, -0.15) is 0 Å². The van der Waals surface area contributed by atoms with Crippen molar-refractivity contribution >= 4 is 0 Å². The van der Waals surface area contributed by atoms with Gasteiger partial charge in [0.15, 0.2) is 0 Å². The summed E-state index contributed by atoms with van der Waals surface area (Å²) in [5.41, 5.74) is 1.52. The first kappa shape index (κ1) is 14.2. The summed E-state index contributed by atoms with van der Waals surface area (Å²) in [6, 6.07) is 11.2. The van der Waals surface area contributed by atoms with E-state index in [2.05, 4.69) is 56.4 Å². The van der Waals surface area contributed by atoms with Crippen LogP contribution in [0.1, 0.15) is 39.7 Å². The lowest BCUT2D eigenvalue weighted by molar-refractivity contribution is 0.234.